The van der Waals surface area contributed by atoms with E-state index in [1.54, 1.807) is 0 Å². The van der Waals surface area contributed by atoms with E-state index >= 15 is 0 Å². The van der Waals surface area contributed by atoms with Crippen LogP contribution in [0.25, 0.3) is 0 Å². The molecular formula is C10H9NO2S. The zero-order chi connectivity index (χ0) is 10.1. The fourth-order valence-corrected chi connectivity index (χ4v) is 3.01. The normalized spacial score (nSPS) is 14.5. The van der Waals surface area contributed by atoms with Crippen molar-refractivity contribution in [1.82, 2.24) is 0 Å². The molecule has 14 heavy (non-hydrogen) atoms. The largest absolute Gasteiger partial charge is 0.477 e. The minimum Gasteiger partial charge on any atom is -0.477 e. The highest BCUT2D eigenvalue weighted by Gasteiger charge is 2.23. The van der Waals surface area contributed by atoms with Crippen molar-refractivity contribution < 1.29 is 9.90 Å². The van der Waals surface area contributed by atoms with E-state index in [9.17, 15) is 4.79 Å². The maximum Gasteiger partial charge on any atom is 0.347 e. The van der Waals surface area contributed by atoms with Crippen molar-refractivity contribution in [2.75, 3.05) is 0 Å². The number of carboxylic acids is 1. The maximum absolute atomic E-state index is 10.9. The summed E-state index contributed by atoms with van der Waals surface area (Å²) in [6.45, 7) is 0. The summed E-state index contributed by atoms with van der Waals surface area (Å²) >= 11 is 1.27. The lowest BCUT2D eigenvalue weighted by molar-refractivity contribution is 0.0702. The van der Waals surface area contributed by atoms with Gasteiger partial charge in [0.25, 0.3) is 0 Å². The summed E-state index contributed by atoms with van der Waals surface area (Å²) in [6.07, 6.45) is 3.97. The zero-order valence-corrected chi connectivity index (χ0v) is 8.36. The molecule has 0 saturated heterocycles. The summed E-state index contributed by atoms with van der Waals surface area (Å²) in [6, 6.07) is 2.01. The molecule has 1 N–H and O–H groups in total. The molecule has 0 radical (unpaired) electrons. The van der Waals surface area contributed by atoms with Gasteiger partial charge in [-0.1, -0.05) is 0 Å². The van der Waals surface area contributed by atoms with Crippen molar-refractivity contribution in [2.24, 2.45) is 0 Å². The van der Waals surface area contributed by atoms with Crippen molar-refractivity contribution in [3.8, 4) is 6.07 Å². The molecule has 1 aliphatic carbocycles. The molecule has 0 spiro atoms. The smallest absolute Gasteiger partial charge is 0.347 e. The number of nitriles is 1. The van der Waals surface area contributed by atoms with Gasteiger partial charge in [-0.2, -0.15) is 5.26 Å². The van der Waals surface area contributed by atoms with E-state index < -0.39 is 5.97 Å². The van der Waals surface area contributed by atoms with Crippen LogP contribution in [0.5, 0.6) is 0 Å². The molecule has 1 aromatic rings. The predicted molar refractivity (Wildman–Crippen MR) is 52.6 cm³/mol. The second-order valence-electron chi connectivity index (χ2n) is 3.33. The second kappa shape index (κ2) is 3.43. The number of thiophene rings is 1. The summed E-state index contributed by atoms with van der Waals surface area (Å²) in [5.41, 5.74) is 1.39. The Kier molecular flexibility index (Phi) is 2.26. The zero-order valence-electron chi connectivity index (χ0n) is 7.54. The SMILES string of the molecule is N#Cc1c(C(=O)O)sc2c1CCCC2. The Morgan fingerprint density at radius 1 is 1.43 bits per heavy atom. The Labute approximate surface area is 85.6 Å². The molecular weight excluding hydrogens is 198 g/mol. The van der Waals surface area contributed by atoms with Crippen LogP contribution in [0.4, 0.5) is 0 Å². The third-order valence-electron chi connectivity index (χ3n) is 2.48. The molecule has 0 bridgehead atoms. The first-order valence-electron chi connectivity index (χ1n) is 4.52. The van der Waals surface area contributed by atoms with Gasteiger partial charge in [-0.05, 0) is 31.2 Å². The number of aryl methyl sites for hydroxylation is 1. The number of fused-ring (bicyclic) bond motifs is 1. The highest BCUT2D eigenvalue weighted by atomic mass is 32.1. The standard InChI is InChI=1S/C10H9NO2S/c11-5-7-6-3-1-2-4-8(6)14-9(7)10(12)13/h1-4H2,(H,12,13). The van der Waals surface area contributed by atoms with Crippen LogP contribution in [0.1, 0.15) is 38.5 Å². The van der Waals surface area contributed by atoms with Gasteiger partial charge in [-0.3, -0.25) is 0 Å². The quantitative estimate of drug-likeness (QED) is 0.767. The summed E-state index contributed by atoms with van der Waals surface area (Å²) in [4.78, 5) is 12.2. The Morgan fingerprint density at radius 3 is 2.79 bits per heavy atom. The van der Waals surface area contributed by atoms with E-state index in [1.165, 1.54) is 11.3 Å². The third kappa shape index (κ3) is 1.30. The number of carboxylic acid groups (broad SMARTS) is 1. The van der Waals surface area contributed by atoms with E-state index in [2.05, 4.69) is 0 Å². The first-order valence-corrected chi connectivity index (χ1v) is 5.33. The van der Waals surface area contributed by atoms with E-state index in [0.29, 0.717) is 5.56 Å². The van der Waals surface area contributed by atoms with Gasteiger partial charge < -0.3 is 5.11 Å². The highest BCUT2D eigenvalue weighted by Crippen LogP contribution is 2.33. The van der Waals surface area contributed by atoms with Gasteiger partial charge in [0.15, 0.2) is 0 Å². The molecule has 0 aromatic carbocycles. The fraction of sp³-hybridized carbons (Fsp3) is 0.400. The highest BCUT2D eigenvalue weighted by molar-refractivity contribution is 7.14. The molecule has 3 nitrogen and oxygen atoms in total. The van der Waals surface area contributed by atoms with Crippen molar-refractivity contribution in [3.05, 3.63) is 20.9 Å². The van der Waals surface area contributed by atoms with Crippen LogP contribution in [0, 0.1) is 11.3 Å². The molecule has 4 heteroatoms. The molecule has 72 valence electrons. The van der Waals surface area contributed by atoms with E-state index in [1.807, 2.05) is 6.07 Å². The molecule has 0 aliphatic heterocycles. The van der Waals surface area contributed by atoms with Gasteiger partial charge in [0, 0.05) is 4.88 Å². The van der Waals surface area contributed by atoms with Crippen LogP contribution in [0.15, 0.2) is 0 Å². The van der Waals surface area contributed by atoms with Gasteiger partial charge in [0.1, 0.15) is 10.9 Å². The van der Waals surface area contributed by atoms with Gasteiger partial charge in [-0.25, -0.2) is 4.79 Å². The van der Waals surface area contributed by atoms with Crippen LogP contribution in [-0.4, -0.2) is 11.1 Å². The number of hydrogen-bond acceptors (Lipinski definition) is 3. The number of aromatic carboxylic acids is 1. The average molecular weight is 207 g/mol. The van der Waals surface area contributed by atoms with E-state index in [0.717, 1.165) is 36.1 Å². The fourth-order valence-electron chi connectivity index (χ4n) is 1.83. The Hall–Kier alpha value is -1.34. The van der Waals surface area contributed by atoms with Crippen LogP contribution in [0.3, 0.4) is 0 Å². The molecule has 1 heterocycles. The number of nitrogens with zero attached hydrogens (tertiary/aromatic N) is 1. The third-order valence-corrected chi connectivity index (χ3v) is 3.76. The first-order chi connectivity index (χ1) is 6.74. The number of rotatable bonds is 1. The van der Waals surface area contributed by atoms with Crippen molar-refractivity contribution in [3.63, 3.8) is 0 Å². The van der Waals surface area contributed by atoms with Crippen LogP contribution in [-0.2, 0) is 12.8 Å². The molecule has 1 aromatic heterocycles. The van der Waals surface area contributed by atoms with Gasteiger partial charge in [-0.15, -0.1) is 11.3 Å². The maximum atomic E-state index is 10.9. The van der Waals surface area contributed by atoms with Crippen LogP contribution >= 0.6 is 11.3 Å². The number of carbonyl (C=O) groups is 1. The average Bonchev–Trinajstić information content (AvgIpc) is 2.56. The van der Waals surface area contributed by atoms with Gasteiger partial charge >= 0.3 is 5.97 Å². The predicted octanol–water partition coefficient (Wildman–Crippen LogP) is 2.20. The molecule has 0 unspecified atom stereocenters. The van der Waals surface area contributed by atoms with Crippen LogP contribution in [0.2, 0.25) is 0 Å². The van der Waals surface area contributed by atoms with Crippen LogP contribution < -0.4 is 0 Å². The molecule has 0 amide bonds. The lowest BCUT2D eigenvalue weighted by Gasteiger charge is -2.09. The van der Waals surface area contributed by atoms with Crippen molar-refractivity contribution in [1.29, 1.82) is 5.26 Å². The molecule has 0 saturated carbocycles. The minimum atomic E-state index is -0.971. The minimum absolute atomic E-state index is 0.222. The lowest BCUT2D eigenvalue weighted by Crippen LogP contribution is -2.01. The molecule has 0 atom stereocenters. The van der Waals surface area contributed by atoms with E-state index in [4.69, 9.17) is 10.4 Å². The summed E-state index contributed by atoms with van der Waals surface area (Å²) < 4.78 is 0. The second-order valence-corrected chi connectivity index (χ2v) is 4.44. The molecule has 1 aliphatic rings. The van der Waals surface area contributed by atoms with E-state index in [-0.39, 0.29) is 4.88 Å². The monoisotopic (exact) mass is 207 g/mol. The van der Waals surface area contributed by atoms with Crippen molar-refractivity contribution >= 4 is 17.3 Å². The van der Waals surface area contributed by atoms with Gasteiger partial charge in [0.05, 0.1) is 5.56 Å². The topological polar surface area (TPSA) is 61.1 Å². The Balaban J connectivity index is 2.59. The molecule has 2 rings (SSSR count). The van der Waals surface area contributed by atoms with Gasteiger partial charge in [0.2, 0.25) is 0 Å². The summed E-state index contributed by atoms with van der Waals surface area (Å²) in [5.74, 6) is -0.971. The summed E-state index contributed by atoms with van der Waals surface area (Å²) in [7, 11) is 0. The first kappa shape index (κ1) is 9.22. The molecule has 0 fully saturated rings. The number of hydrogen-bond donors (Lipinski definition) is 1. The van der Waals surface area contributed by atoms with Crippen molar-refractivity contribution in [2.45, 2.75) is 25.7 Å². The lowest BCUT2D eigenvalue weighted by atomic mass is 9.95. The summed E-state index contributed by atoms with van der Waals surface area (Å²) in [5, 5.41) is 17.8. The Bertz CT molecular complexity index is 428. The Morgan fingerprint density at radius 2 is 2.14 bits per heavy atom.